The van der Waals surface area contributed by atoms with Gasteiger partial charge in [0.05, 0.1) is 22.7 Å². The molecule has 0 radical (unpaired) electrons. The van der Waals surface area contributed by atoms with E-state index in [9.17, 15) is 32.7 Å². The summed E-state index contributed by atoms with van der Waals surface area (Å²) in [6.07, 6.45) is -4.92. The lowest BCUT2D eigenvalue weighted by molar-refractivity contribution is -0.141. The second-order valence-electron chi connectivity index (χ2n) is 8.17. The molecule has 2 heterocycles. The minimum Gasteiger partial charge on any atom is -0.490 e. The highest BCUT2D eigenvalue weighted by atomic mass is 35.5. The average molecular weight is 539 g/mol. The third-order valence-corrected chi connectivity index (χ3v) is 6.20. The Morgan fingerprint density at radius 2 is 1.77 bits per heavy atom. The van der Waals surface area contributed by atoms with E-state index in [0.29, 0.717) is 52.4 Å². The van der Waals surface area contributed by atoms with Crippen molar-refractivity contribution in [1.29, 1.82) is 0 Å². The molecule has 192 valence electrons. The van der Waals surface area contributed by atoms with E-state index in [-0.39, 0.29) is 17.2 Å². The molecule has 1 aliphatic rings. The van der Waals surface area contributed by atoms with Gasteiger partial charge >= 0.3 is 11.9 Å². The third-order valence-electron chi connectivity index (χ3n) is 5.46. The van der Waals surface area contributed by atoms with Crippen molar-refractivity contribution in [2.45, 2.75) is 44.3 Å². The number of nitrogens with two attached hydrogens (primary N) is 1. The topological polar surface area (TPSA) is 120 Å². The summed E-state index contributed by atoms with van der Waals surface area (Å²) in [5.74, 6) is -0.770. The number of benzene rings is 1. The normalized spacial score (nSPS) is 16.3. The molecule has 0 spiro atoms. The molecule has 9 nitrogen and oxygen atoms in total. The molecule has 1 amide bonds. The molecule has 1 saturated heterocycles. The van der Waals surface area contributed by atoms with E-state index in [1.165, 1.54) is 0 Å². The molecule has 0 bridgehead atoms. The number of β-amino-alcohol motifs (C(OH)–C–C–N with tert-alkyl or cyclic N) is 1. The first kappa shape index (κ1) is 27.1. The van der Waals surface area contributed by atoms with Crippen LogP contribution in [0.15, 0.2) is 33.9 Å². The number of rotatable bonds is 8. The van der Waals surface area contributed by atoms with Gasteiger partial charge in [-0.05, 0) is 25.0 Å². The quantitative estimate of drug-likeness (QED) is 0.529. The molecule has 1 atom stereocenters. The third kappa shape index (κ3) is 7.23. The zero-order chi connectivity index (χ0) is 25.9. The van der Waals surface area contributed by atoms with Crippen LogP contribution >= 0.6 is 23.2 Å². The van der Waals surface area contributed by atoms with Crippen molar-refractivity contribution in [2.24, 2.45) is 5.73 Å². The van der Waals surface area contributed by atoms with Crippen LogP contribution in [0.1, 0.15) is 23.3 Å². The van der Waals surface area contributed by atoms with Crippen LogP contribution < -0.4 is 21.7 Å². The average Bonchev–Trinajstić information content (AvgIpc) is 2.76. The van der Waals surface area contributed by atoms with Crippen LogP contribution in [0.2, 0.25) is 10.0 Å². The summed E-state index contributed by atoms with van der Waals surface area (Å²) in [6.45, 7) is -1.20. The van der Waals surface area contributed by atoms with E-state index in [2.05, 4.69) is 0 Å². The molecule has 0 aliphatic carbocycles. The first-order valence-electron chi connectivity index (χ1n) is 10.6. The SMILES string of the molecule is NC(=O)c1cc(=O)n(C[C@H](O)CN2CCC(Oc3ccc(Cl)c(Cl)c3)CC2)c(=O)n1CC(F)(F)F. The summed E-state index contributed by atoms with van der Waals surface area (Å²) in [6, 6.07) is 5.52. The molecule has 14 heteroatoms. The Labute approximate surface area is 207 Å². The fourth-order valence-corrected chi connectivity index (χ4v) is 4.13. The summed E-state index contributed by atoms with van der Waals surface area (Å²) < 4.78 is 45.1. The Hall–Kier alpha value is -2.54. The number of amides is 1. The molecular weight excluding hydrogens is 516 g/mol. The largest absolute Gasteiger partial charge is 0.490 e. The number of hydrogen-bond acceptors (Lipinski definition) is 6. The first-order chi connectivity index (χ1) is 16.3. The Kier molecular flexibility index (Phi) is 8.52. The molecule has 1 aromatic heterocycles. The molecule has 3 rings (SSSR count). The van der Waals surface area contributed by atoms with E-state index < -0.39 is 48.2 Å². The van der Waals surface area contributed by atoms with Gasteiger partial charge in [-0.3, -0.25) is 18.7 Å². The van der Waals surface area contributed by atoms with Crippen LogP contribution in [0.5, 0.6) is 5.75 Å². The number of ether oxygens (including phenoxy) is 1. The first-order valence-corrected chi connectivity index (χ1v) is 11.3. The van der Waals surface area contributed by atoms with Crippen molar-refractivity contribution in [3.05, 3.63) is 60.8 Å². The highest BCUT2D eigenvalue weighted by molar-refractivity contribution is 6.42. The molecule has 1 aromatic carbocycles. The van der Waals surface area contributed by atoms with Crippen LogP contribution in [-0.2, 0) is 13.1 Å². The molecule has 0 saturated carbocycles. The fourth-order valence-electron chi connectivity index (χ4n) is 3.84. The lowest BCUT2D eigenvalue weighted by Crippen LogP contribution is -2.48. The van der Waals surface area contributed by atoms with Gasteiger partial charge in [0.2, 0.25) is 0 Å². The van der Waals surface area contributed by atoms with E-state index in [1.54, 1.807) is 18.2 Å². The number of aliphatic hydroxyl groups excluding tert-OH is 1. The summed E-state index contributed by atoms with van der Waals surface area (Å²) in [5.41, 5.74) is 1.76. The van der Waals surface area contributed by atoms with Crippen molar-refractivity contribution in [2.75, 3.05) is 19.6 Å². The van der Waals surface area contributed by atoms with Gasteiger partial charge in [0.1, 0.15) is 24.1 Å². The molecule has 3 N–H and O–H groups in total. The van der Waals surface area contributed by atoms with Crippen molar-refractivity contribution < 1.29 is 27.8 Å². The maximum Gasteiger partial charge on any atom is 0.406 e. The second-order valence-corrected chi connectivity index (χ2v) is 8.99. The lowest BCUT2D eigenvalue weighted by atomic mass is 10.1. The van der Waals surface area contributed by atoms with Gasteiger partial charge in [0, 0.05) is 31.8 Å². The predicted molar refractivity (Wildman–Crippen MR) is 122 cm³/mol. The number of piperidine rings is 1. The molecule has 1 fully saturated rings. The minimum absolute atomic E-state index is 0.0716. The zero-order valence-corrected chi connectivity index (χ0v) is 19.8. The lowest BCUT2D eigenvalue weighted by Gasteiger charge is -2.33. The van der Waals surface area contributed by atoms with Crippen molar-refractivity contribution >= 4 is 29.1 Å². The molecule has 2 aromatic rings. The summed E-state index contributed by atoms with van der Waals surface area (Å²) in [4.78, 5) is 38.2. The number of primary amides is 1. The fraction of sp³-hybridized carbons (Fsp3) is 0.476. The minimum atomic E-state index is -4.83. The van der Waals surface area contributed by atoms with E-state index in [0.717, 1.165) is 0 Å². The van der Waals surface area contributed by atoms with Crippen molar-refractivity contribution in [1.82, 2.24) is 14.0 Å². The Morgan fingerprint density at radius 1 is 1.11 bits per heavy atom. The van der Waals surface area contributed by atoms with Crippen molar-refractivity contribution in [3.63, 3.8) is 0 Å². The number of carbonyl (C=O) groups is 1. The van der Waals surface area contributed by atoms with E-state index in [1.807, 2.05) is 4.90 Å². The number of nitrogens with zero attached hydrogens (tertiary/aromatic N) is 3. The van der Waals surface area contributed by atoms with E-state index in [4.69, 9.17) is 33.7 Å². The van der Waals surface area contributed by atoms with Gasteiger partial charge in [0.25, 0.3) is 11.5 Å². The van der Waals surface area contributed by atoms with Crippen LogP contribution in [-0.4, -0.2) is 63.1 Å². The maximum absolute atomic E-state index is 12.9. The van der Waals surface area contributed by atoms with Crippen LogP contribution in [0.3, 0.4) is 0 Å². The van der Waals surface area contributed by atoms with Gasteiger partial charge in [-0.2, -0.15) is 13.2 Å². The van der Waals surface area contributed by atoms with Gasteiger partial charge in [-0.1, -0.05) is 23.2 Å². The van der Waals surface area contributed by atoms with Gasteiger partial charge in [-0.25, -0.2) is 4.79 Å². The maximum atomic E-state index is 12.9. The molecule has 1 aliphatic heterocycles. The Bertz CT molecular complexity index is 1190. The monoisotopic (exact) mass is 538 g/mol. The van der Waals surface area contributed by atoms with Crippen LogP contribution in [0, 0.1) is 0 Å². The van der Waals surface area contributed by atoms with Crippen LogP contribution in [0.25, 0.3) is 0 Å². The number of carbonyl (C=O) groups excluding carboxylic acids is 1. The van der Waals surface area contributed by atoms with E-state index >= 15 is 0 Å². The number of aliphatic hydroxyl groups is 1. The highest BCUT2D eigenvalue weighted by Crippen LogP contribution is 2.28. The zero-order valence-electron chi connectivity index (χ0n) is 18.3. The summed E-state index contributed by atoms with van der Waals surface area (Å²) >= 11 is 11.9. The van der Waals surface area contributed by atoms with Gasteiger partial charge in [0.15, 0.2) is 0 Å². The Morgan fingerprint density at radius 3 is 2.34 bits per heavy atom. The van der Waals surface area contributed by atoms with Crippen molar-refractivity contribution in [3.8, 4) is 5.75 Å². The van der Waals surface area contributed by atoms with Gasteiger partial charge < -0.3 is 20.5 Å². The summed E-state index contributed by atoms with van der Waals surface area (Å²) in [5, 5.41) is 11.2. The second kappa shape index (κ2) is 11.0. The standard InChI is InChI=1S/C21H23Cl2F3N4O5/c22-15-2-1-14(7-16(15)23)35-13-3-5-28(6-4-13)9-12(31)10-29-18(32)8-17(19(27)33)30(20(29)34)11-21(24,25)26/h1-2,7-8,12-13,31H,3-6,9-11H2,(H2,27,33)/t12-/m1/s1. The number of halogens is 5. The highest BCUT2D eigenvalue weighted by Gasteiger charge is 2.32. The number of hydrogen-bond donors (Lipinski definition) is 2. The Balaban J connectivity index is 1.62. The van der Waals surface area contributed by atoms with Gasteiger partial charge in [-0.15, -0.1) is 0 Å². The smallest absolute Gasteiger partial charge is 0.406 e. The summed E-state index contributed by atoms with van der Waals surface area (Å²) in [7, 11) is 0. The molecule has 35 heavy (non-hydrogen) atoms. The molecular formula is C21H23Cl2F3N4O5. The predicted octanol–water partition coefficient (Wildman–Crippen LogP) is 1.88. The number of alkyl halides is 3. The van der Waals surface area contributed by atoms with Crippen LogP contribution in [0.4, 0.5) is 13.2 Å². The molecule has 0 unspecified atom stereocenters. The number of aromatic nitrogens is 2. The number of likely N-dealkylation sites (tertiary alicyclic amines) is 1.